The van der Waals surface area contributed by atoms with Gasteiger partial charge in [-0.1, -0.05) is 0 Å². The molecule has 9 heteroatoms. The van der Waals surface area contributed by atoms with Crippen molar-refractivity contribution >= 4 is 17.3 Å². The van der Waals surface area contributed by atoms with Crippen LogP contribution in [0.1, 0.15) is 30.7 Å². The Morgan fingerprint density at radius 1 is 0.971 bits per heavy atom. The molecule has 1 aromatic heterocycles. The SMILES string of the molecule is O=C(Cc1nccs1)ON1CCC(CCOc2ccc(F)cc2)CC1CCOc1ccc(F)cc1. The number of piperidine rings is 1. The van der Waals surface area contributed by atoms with Crippen LogP contribution in [-0.4, -0.2) is 41.8 Å². The van der Waals surface area contributed by atoms with Crippen LogP contribution in [0.5, 0.6) is 11.5 Å². The molecule has 2 aromatic carbocycles. The van der Waals surface area contributed by atoms with Crippen LogP contribution in [0.2, 0.25) is 0 Å². The fourth-order valence-electron chi connectivity index (χ4n) is 4.10. The maximum absolute atomic E-state index is 13.1. The summed E-state index contributed by atoms with van der Waals surface area (Å²) in [5, 5.41) is 4.32. The molecule has 186 valence electrons. The molecule has 0 radical (unpaired) electrons. The second-order valence-corrected chi connectivity index (χ2v) is 9.41. The zero-order valence-electron chi connectivity index (χ0n) is 19.3. The summed E-state index contributed by atoms with van der Waals surface area (Å²) in [6.07, 6.45) is 4.99. The highest BCUT2D eigenvalue weighted by Crippen LogP contribution is 2.28. The molecule has 0 saturated carbocycles. The minimum absolute atomic E-state index is 0.0136. The van der Waals surface area contributed by atoms with Crippen LogP contribution in [0.4, 0.5) is 8.78 Å². The molecule has 0 aliphatic carbocycles. The third-order valence-corrected chi connectivity index (χ3v) is 6.69. The van der Waals surface area contributed by atoms with Gasteiger partial charge < -0.3 is 14.3 Å². The lowest BCUT2D eigenvalue weighted by Crippen LogP contribution is -2.44. The third kappa shape index (κ3) is 8.00. The molecule has 1 aliphatic heterocycles. The minimum Gasteiger partial charge on any atom is -0.494 e. The summed E-state index contributed by atoms with van der Waals surface area (Å²) in [6.45, 7) is 1.56. The normalized spacial score (nSPS) is 18.2. The van der Waals surface area contributed by atoms with Crippen LogP contribution in [0, 0.1) is 17.6 Å². The largest absolute Gasteiger partial charge is 0.494 e. The number of nitrogens with zero attached hydrogens (tertiary/aromatic N) is 2. The summed E-state index contributed by atoms with van der Waals surface area (Å²) in [5.41, 5.74) is 0. The second-order valence-electron chi connectivity index (χ2n) is 8.43. The second kappa shape index (κ2) is 12.6. The first kappa shape index (κ1) is 25.1. The average molecular weight is 503 g/mol. The van der Waals surface area contributed by atoms with Gasteiger partial charge >= 0.3 is 5.97 Å². The van der Waals surface area contributed by atoms with E-state index in [1.807, 2.05) is 5.38 Å². The predicted molar refractivity (Wildman–Crippen MR) is 128 cm³/mol. The van der Waals surface area contributed by atoms with Gasteiger partial charge in [0.15, 0.2) is 0 Å². The molecule has 6 nitrogen and oxygen atoms in total. The van der Waals surface area contributed by atoms with Gasteiger partial charge in [0.2, 0.25) is 0 Å². The summed E-state index contributed by atoms with van der Waals surface area (Å²) in [5.74, 6) is 0.694. The Balaban J connectivity index is 1.30. The molecular weight excluding hydrogens is 474 g/mol. The number of hydrogen-bond donors (Lipinski definition) is 0. The lowest BCUT2D eigenvalue weighted by molar-refractivity contribution is -0.212. The monoisotopic (exact) mass is 502 g/mol. The fourth-order valence-corrected chi connectivity index (χ4v) is 4.70. The highest BCUT2D eigenvalue weighted by atomic mass is 32.1. The number of thiazole rings is 1. The van der Waals surface area contributed by atoms with Crippen molar-refractivity contribution in [3.63, 3.8) is 0 Å². The molecule has 0 spiro atoms. The van der Waals surface area contributed by atoms with Crippen LogP contribution in [0.25, 0.3) is 0 Å². The standard InChI is InChI=1S/C26H28F2N2O4S/c27-20-1-5-23(6-2-20)32-14-10-19-9-13-30(34-26(31)18-25-29-12-16-35-25)22(17-19)11-15-33-24-7-3-21(28)4-8-24/h1-8,12,16,19,22H,9-11,13-15,17-18H2. The molecule has 0 N–H and O–H groups in total. The van der Waals surface area contributed by atoms with E-state index in [2.05, 4.69) is 4.98 Å². The number of carbonyl (C=O) groups is 1. The molecule has 0 amide bonds. The highest BCUT2D eigenvalue weighted by molar-refractivity contribution is 7.09. The Kier molecular flexibility index (Phi) is 9.02. The van der Waals surface area contributed by atoms with E-state index in [0.717, 1.165) is 24.3 Å². The zero-order chi connectivity index (χ0) is 24.5. The van der Waals surface area contributed by atoms with E-state index >= 15 is 0 Å². The number of hydrogen-bond acceptors (Lipinski definition) is 7. The van der Waals surface area contributed by atoms with E-state index in [0.29, 0.717) is 43.6 Å². The van der Waals surface area contributed by atoms with Crippen molar-refractivity contribution in [1.82, 2.24) is 10.0 Å². The van der Waals surface area contributed by atoms with Gasteiger partial charge in [-0.3, -0.25) is 0 Å². The van der Waals surface area contributed by atoms with E-state index in [9.17, 15) is 13.6 Å². The number of halogens is 2. The zero-order valence-corrected chi connectivity index (χ0v) is 20.1. The summed E-state index contributed by atoms with van der Waals surface area (Å²) < 4.78 is 37.8. The van der Waals surface area contributed by atoms with Crippen LogP contribution in [-0.2, 0) is 16.1 Å². The van der Waals surface area contributed by atoms with Gasteiger partial charge in [-0.25, -0.2) is 18.6 Å². The van der Waals surface area contributed by atoms with E-state index in [-0.39, 0.29) is 30.1 Å². The molecule has 1 aliphatic rings. The summed E-state index contributed by atoms with van der Waals surface area (Å²) in [7, 11) is 0. The lowest BCUT2D eigenvalue weighted by atomic mass is 9.88. The maximum atomic E-state index is 13.1. The van der Waals surface area contributed by atoms with Crippen LogP contribution in [0.3, 0.4) is 0 Å². The number of ether oxygens (including phenoxy) is 2. The van der Waals surface area contributed by atoms with Crippen molar-refractivity contribution in [3.05, 3.63) is 76.7 Å². The fraction of sp³-hybridized carbons (Fsp3) is 0.385. The molecule has 1 fully saturated rings. The number of rotatable bonds is 11. The van der Waals surface area contributed by atoms with E-state index in [4.69, 9.17) is 14.3 Å². The summed E-state index contributed by atoms with van der Waals surface area (Å²) in [4.78, 5) is 22.3. The Hall–Kier alpha value is -3.04. The summed E-state index contributed by atoms with van der Waals surface area (Å²) >= 11 is 1.42. The van der Waals surface area contributed by atoms with Crippen molar-refractivity contribution < 1.29 is 27.9 Å². The minimum atomic E-state index is -0.331. The van der Waals surface area contributed by atoms with Crippen molar-refractivity contribution in [2.24, 2.45) is 5.92 Å². The molecule has 35 heavy (non-hydrogen) atoms. The van der Waals surface area contributed by atoms with Crippen molar-refractivity contribution in [1.29, 1.82) is 0 Å². The van der Waals surface area contributed by atoms with Gasteiger partial charge in [-0.2, -0.15) is 0 Å². The van der Waals surface area contributed by atoms with Crippen molar-refractivity contribution in [2.45, 2.75) is 38.1 Å². The van der Waals surface area contributed by atoms with E-state index in [1.54, 1.807) is 35.5 Å². The van der Waals surface area contributed by atoms with Gasteiger partial charge in [-0.15, -0.1) is 16.4 Å². The number of hydroxylamine groups is 2. The van der Waals surface area contributed by atoms with E-state index < -0.39 is 0 Å². The summed E-state index contributed by atoms with van der Waals surface area (Å²) in [6, 6.07) is 11.9. The molecule has 2 atom stereocenters. The van der Waals surface area contributed by atoms with Crippen molar-refractivity contribution in [2.75, 3.05) is 19.8 Å². The number of aromatic nitrogens is 1. The van der Waals surface area contributed by atoms with Gasteiger partial charge in [0.25, 0.3) is 0 Å². The molecule has 0 bridgehead atoms. The highest BCUT2D eigenvalue weighted by Gasteiger charge is 2.31. The first-order chi connectivity index (χ1) is 17.0. The third-order valence-electron chi connectivity index (χ3n) is 5.91. The van der Waals surface area contributed by atoms with Gasteiger partial charge in [-0.05, 0) is 73.7 Å². The van der Waals surface area contributed by atoms with Gasteiger partial charge in [0, 0.05) is 30.6 Å². The molecule has 1 saturated heterocycles. The van der Waals surface area contributed by atoms with Gasteiger partial charge in [0.05, 0.1) is 19.6 Å². The predicted octanol–water partition coefficient (Wildman–Crippen LogP) is 5.44. The molecule has 3 aromatic rings. The Morgan fingerprint density at radius 2 is 1.60 bits per heavy atom. The number of carbonyl (C=O) groups excluding carboxylic acids is 1. The molecule has 2 heterocycles. The lowest BCUT2D eigenvalue weighted by Gasteiger charge is -2.37. The quantitative estimate of drug-likeness (QED) is 0.348. The van der Waals surface area contributed by atoms with Gasteiger partial charge in [0.1, 0.15) is 28.1 Å². The topological polar surface area (TPSA) is 60.9 Å². The first-order valence-corrected chi connectivity index (χ1v) is 12.6. The Labute approximate surface area is 207 Å². The molecular formula is C26H28F2N2O4S. The first-order valence-electron chi connectivity index (χ1n) is 11.7. The smallest absolute Gasteiger partial charge is 0.331 e. The van der Waals surface area contributed by atoms with Crippen molar-refractivity contribution in [3.8, 4) is 11.5 Å². The van der Waals surface area contributed by atoms with Crippen LogP contribution >= 0.6 is 11.3 Å². The molecule has 2 unspecified atom stereocenters. The van der Waals surface area contributed by atoms with E-state index in [1.165, 1.54) is 35.6 Å². The Bertz CT molecular complexity index is 1050. The maximum Gasteiger partial charge on any atom is 0.331 e. The average Bonchev–Trinajstić information content (AvgIpc) is 3.36. The Morgan fingerprint density at radius 3 is 2.20 bits per heavy atom. The molecule has 4 rings (SSSR count). The van der Waals surface area contributed by atoms with Crippen LogP contribution in [0.15, 0.2) is 60.1 Å². The van der Waals surface area contributed by atoms with Crippen LogP contribution < -0.4 is 9.47 Å². The number of benzene rings is 2.